The fourth-order valence-corrected chi connectivity index (χ4v) is 3.10. The molecule has 0 radical (unpaired) electrons. The van der Waals surface area contributed by atoms with E-state index in [4.69, 9.17) is 21.1 Å². The predicted molar refractivity (Wildman–Crippen MR) is 87.1 cm³/mol. The molecule has 3 rings (SSSR count). The van der Waals surface area contributed by atoms with E-state index in [0.29, 0.717) is 6.54 Å². The van der Waals surface area contributed by atoms with Crippen molar-refractivity contribution in [3.63, 3.8) is 0 Å². The molecule has 2 heterocycles. The Morgan fingerprint density at radius 3 is 2.83 bits per heavy atom. The van der Waals surface area contributed by atoms with E-state index in [-0.39, 0.29) is 57.5 Å². The molecule has 1 aromatic heterocycles. The van der Waals surface area contributed by atoms with E-state index in [1.165, 1.54) is 7.11 Å². The molecule has 24 heavy (non-hydrogen) atoms. The van der Waals surface area contributed by atoms with Crippen molar-refractivity contribution in [1.29, 1.82) is 0 Å². The van der Waals surface area contributed by atoms with Crippen LogP contribution in [-0.2, 0) is 0 Å². The van der Waals surface area contributed by atoms with E-state index >= 15 is 0 Å². The van der Waals surface area contributed by atoms with E-state index in [2.05, 4.69) is 25.9 Å². The van der Waals surface area contributed by atoms with Gasteiger partial charge in [-0.15, -0.1) is 0 Å². The van der Waals surface area contributed by atoms with Gasteiger partial charge in [0.2, 0.25) is 6.43 Å². The van der Waals surface area contributed by atoms with Gasteiger partial charge in [-0.05, 0) is 15.9 Å². The number of ether oxygens (including phenoxy) is 2. The molecular formula is C14H12BrClF3N3O2. The first kappa shape index (κ1) is 17.3. The van der Waals surface area contributed by atoms with Gasteiger partial charge >= 0.3 is 6.01 Å². The Labute approximate surface area is 148 Å². The van der Waals surface area contributed by atoms with Gasteiger partial charge in [-0.1, -0.05) is 11.6 Å². The summed E-state index contributed by atoms with van der Waals surface area (Å²) in [5.41, 5.74) is -0.0490. The van der Waals surface area contributed by atoms with E-state index in [9.17, 15) is 13.2 Å². The summed E-state index contributed by atoms with van der Waals surface area (Å²) in [6, 6.07) is -0.0690. The van der Waals surface area contributed by atoms with Crippen molar-refractivity contribution in [2.24, 2.45) is 0 Å². The Bertz CT molecular complexity index is 794. The highest BCUT2D eigenvalue weighted by atomic mass is 79.9. The van der Waals surface area contributed by atoms with Gasteiger partial charge in [0, 0.05) is 13.0 Å². The molecule has 0 unspecified atom stereocenters. The number of nitrogens with zero attached hydrogens (tertiary/aromatic N) is 3. The number of methoxy groups -OCH3 is 1. The first-order valence-electron chi connectivity index (χ1n) is 7.02. The van der Waals surface area contributed by atoms with Crippen LogP contribution in [0.25, 0.3) is 10.9 Å². The molecule has 2 aromatic rings. The van der Waals surface area contributed by atoms with Crippen LogP contribution >= 0.6 is 27.5 Å². The van der Waals surface area contributed by atoms with Crippen molar-refractivity contribution in [3.8, 4) is 11.8 Å². The Balaban J connectivity index is 2.27. The number of aromatic nitrogens is 2. The number of rotatable bonds is 4. The number of anilines is 1. The quantitative estimate of drug-likeness (QED) is 0.691. The minimum Gasteiger partial charge on any atom is -0.489 e. The third-order valence-electron chi connectivity index (χ3n) is 3.60. The second-order valence-corrected chi connectivity index (χ2v) is 6.21. The van der Waals surface area contributed by atoms with Crippen LogP contribution in [0.5, 0.6) is 11.8 Å². The van der Waals surface area contributed by atoms with E-state index in [0.717, 1.165) is 0 Å². The van der Waals surface area contributed by atoms with Crippen LogP contribution < -0.4 is 14.4 Å². The average molecular weight is 427 g/mol. The second-order valence-electron chi connectivity index (χ2n) is 5.04. The van der Waals surface area contributed by atoms with Crippen LogP contribution in [0, 0.1) is 5.82 Å². The number of hydrogen-bond acceptors (Lipinski definition) is 5. The molecule has 130 valence electrons. The Morgan fingerprint density at radius 2 is 2.17 bits per heavy atom. The van der Waals surface area contributed by atoms with Gasteiger partial charge in [-0.3, -0.25) is 0 Å². The number of hydrogen-bond donors (Lipinski definition) is 0. The summed E-state index contributed by atoms with van der Waals surface area (Å²) >= 11 is 9.24. The third kappa shape index (κ3) is 2.95. The smallest absolute Gasteiger partial charge is 0.318 e. The zero-order valence-corrected chi connectivity index (χ0v) is 14.8. The summed E-state index contributed by atoms with van der Waals surface area (Å²) in [6.07, 6.45) is -2.81. The number of alkyl halides is 2. The lowest BCUT2D eigenvalue weighted by atomic mass is 10.2. The highest BCUT2D eigenvalue weighted by Crippen LogP contribution is 2.45. The van der Waals surface area contributed by atoms with Crippen LogP contribution in [0.15, 0.2) is 4.47 Å². The zero-order valence-electron chi connectivity index (χ0n) is 12.5. The summed E-state index contributed by atoms with van der Waals surface area (Å²) in [7, 11) is 1.34. The van der Waals surface area contributed by atoms with Crippen LogP contribution in [0.3, 0.4) is 0 Å². The average Bonchev–Trinajstić information content (AvgIpc) is 2.75. The normalized spacial score (nSPS) is 14.0. The highest BCUT2D eigenvalue weighted by molar-refractivity contribution is 9.10. The Hall–Kier alpha value is -1.48. The molecule has 0 atom stereocenters. The maximum Gasteiger partial charge on any atom is 0.318 e. The Morgan fingerprint density at radius 1 is 1.42 bits per heavy atom. The molecule has 0 amide bonds. The SMILES string of the molecule is COc1nc2c3c(c(Cl)c(Br)c(F)c3n1)OCCN2CCC(F)F. The summed E-state index contributed by atoms with van der Waals surface area (Å²) in [5, 5.41) is 0.291. The highest BCUT2D eigenvalue weighted by Gasteiger charge is 2.28. The topological polar surface area (TPSA) is 47.5 Å². The lowest BCUT2D eigenvalue weighted by molar-refractivity contribution is 0.139. The van der Waals surface area contributed by atoms with E-state index in [1.807, 2.05) is 0 Å². The van der Waals surface area contributed by atoms with Gasteiger partial charge in [0.25, 0.3) is 0 Å². The van der Waals surface area contributed by atoms with Gasteiger partial charge in [0.15, 0.2) is 11.6 Å². The molecule has 1 aromatic carbocycles. The molecular weight excluding hydrogens is 415 g/mol. The van der Waals surface area contributed by atoms with Crippen molar-refractivity contribution in [2.45, 2.75) is 12.8 Å². The lowest BCUT2D eigenvalue weighted by Crippen LogP contribution is -2.30. The molecule has 1 aliphatic heterocycles. The third-order valence-corrected chi connectivity index (χ3v) is 4.93. The van der Waals surface area contributed by atoms with Crippen molar-refractivity contribution in [1.82, 2.24) is 9.97 Å². The molecule has 10 heteroatoms. The minimum absolute atomic E-state index is 0.0133. The van der Waals surface area contributed by atoms with Crippen molar-refractivity contribution in [3.05, 3.63) is 15.3 Å². The predicted octanol–water partition coefficient (Wildman–Crippen LogP) is 4.05. The van der Waals surface area contributed by atoms with Gasteiger partial charge < -0.3 is 14.4 Å². The number of halogens is 5. The molecule has 5 nitrogen and oxygen atoms in total. The molecule has 0 N–H and O–H groups in total. The largest absolute Gasteiger partial charge is 0.489 e. The maximum absolute atomic E-state index is 14.6. The van der Waals surface area contributed by atoms with E-state index < -0.39 is 12.2 Å². The minimum atomic E-state index is -2.46. The molecule has 0 bridgehead atoms. The van der Waals surface area contributed by atoms with Crippen molar-refractivity contribution >= 4 is 44.3 Å². The molecule has 0 aliphatic carbocycles. The second kappa shape index (κ2) is 6.79. The van der Waals surface area contributed by atoms with Crippen LogP contribution in [0.1, 0.15) is 6.42 Å². The van der Waals surface area contributed by atoms with Gasteiger partial charge in [0.1, 0.15) is 23.0 Å². The lowest BCUT2D eigenvalue weighted by Gasteiger charge is -2.22. The van der Waals surface area contributed by atoms with Gasteiger partial charge in [-0.25, -0.2) is 13.2 Å². The van der Waals surface area contributed by atoms with Crippen LogP contribution in [0.4, 0.5) is 19.0 Å². The molecule has 0 saturated heterocycles. The molecule has 1 aliphatic rings. The summed E-state index contributed by atoms with van der Waals surface area (Å²) < 4.78 is 50.5. The molecule has 0 spiro atoms. The van der Waals surface area contributed by atoms with E-state index in [1.54, 1.807) is 4.90 Å². The Kier molecular flexibility index (Phi) is 4.91. The fraction of sp³-hybridized carbons (Fsp3) is 0.429. The maximum atomic E-state index is 14.6. The summed E-state index contributed by atoms with van der Waals surface area (Å²) in [4.78, 5) is 9.82. The van der Waals surface area contributed by atoms with Crippen molar-refractivity contribution < 1.29 is 22.6 Å². The number of benzene rings is 1. The molecule has 0 saturated carbocycles. The monoisotopic (exact) mass is 425 g/mol. The van der Waals surface area contributed by atoms with Crippen molar-refractivity contribution in [2.75, 3.05) is 31.7 Å². The summed E-state index contributed by atoms with van der Waals surface area (Å²) in [6.45, 7) is 0.520. The van der Waals surface area contributed by atoms with Crippen LogP contribution in [0.2, 0.25) is 5.02 Å². The molecule has 0 fully saturated rings. The first-order valence-corrected chi connectivity index (χ1v) is 8.19. The zero-order chi connectivity index (χ0) is 17.4. The van der Waals surface area contributed by atoms with Crippen LogP contribution in [-0.4, -0.2) is 43.2 Å². The van der Waals surface area contributed by atoms with Gasteiger partial charge in [0.05, 0.1) is 23.5 Å². The fourth-order valence-electron chi connectivity index (χ4n) is 2.50. The first-order chi connectivity index (χ1) is 11.4. The standard InChI is InChI=1S/C14H12BrClF3N3O2/c1-23-14-20-11-7-12(9(16)8(15)10(11)19)24-5-4-22(13(7)21-14)3-2-6(17)18/h6H,2-5H2,1H3. The van der Waals surface area contributed by atoms with Gasteiger partial charge in [-0.2, -0.15) is 9.97 Å². The summed E-state index contributed by atoms with van der Waals surface area (Å²) in [5.74, 6) is -0.213.